The van der Waals surface area contributed by atoms with Crippen LogP contribution in [-0.2, 0) is 37.6 Å². The van der Waals surface area contributed by atoms with Gasteiger partial charge in [-0.25, -0.2) is 21.6 Å². The van der Waals surface area contributed by atoms with Crippen molar-refractivity contribution in [2.45, 2.75) is 38.8 Å². The highest BCUT2D eigenvalue weighted by molar-refractivity contribution is 7.90. The Morgan fingerprint density at radius 2 is 1.58 bits per heavy atom. The summed E-state index contributed by atoms with van der Waals surface area (Å²) in [5, 5.41) is 12.1. The number of benzene rings is 3. The number of carboxylic acids is 1. The molecule has 0 radical (unpaired) electrons. The third-order valence-corrected chi connectivity index (χ3v) is 9.88. The van der Waals surface area contributed by atoms with Crippen LogP contribution in [0, 0.1) is 6.92 Å². The maximum Gasteiger partial charge on any atom is 0.326 e. The number of hydrogen-bond donors (Lipinski definition) is 3. The number of rotatable bonds is 16. The second-order valence-electron chi connectivity index (χ2n) is 10.5. The number of aryl methyl sites for hydroxylation is 1. The molecule has 3 aromatic carbocycles. The van der Waals surface area contributed by atoms with E-state index in [1.54, 1.807) is 18.2 Å². The van der Waals surface area contributed by atoms with Gasteiger partial charge in [0, 0.05) is 24.9 Å². The molecule has 0 saturated heterocycles. The van der Waals surface area contributed by atoms with Crippen LogP contribution in [0.1, 0.15) is 39.9 Å². The average Bonchev–Trinajstić information content (AvgIpc) is 2.96. The molecule has 4 N–H and O–H groups in total. The Morgan fingerprint density at radius 3 is 2.21 bits per heavy atom. The topological polar surface area (TPSA) is 164 Å². The first-order valence-electron chi connectivity index (χ1n) is 13.9. The summed E-state index contributed by atoms with van der Waals surface area (Å²) < 4.78 is 51.3. The van der Waals surface area contributed by atoms with Crippen molar-refractivity contribution in [3.63, 3.8) is 0 Å². The van der Waals surface area contributed by atoms with Gasteiger partial charge in [-0.05, 0) is 72.7 Å². The second-order valence-corrected chi connectivity index (χ2v) is 14.9. The minimum absolute atomic E-state index is 0.0621. The number of sulfonamides is 1. The molecule has 0 bridgehead atoms. The number of nitrogens with one attached hydrogen (secondary N) is 1. The normalized spacial score (nSPS) is 12.7. The molecule has 1 atom stereocenters. The van der Waals surface area contributed by atoms with Crippen LogP contribution in [0.25, 0.3) is 11.1 Å². The van der Waals surface area contributed by atoms with E-state index in [4.69, 9.17) is 5.73 Å². The quantitative estimate of drug-likeness (QED) is 0.218. The number of aliphatic carboxylic acids is 1. The van der Waals surface area contributed by atoms with E-state index in [0.29, 0.717) is 24.0 Å². The molecule has 0 aromatic heterocycles. The molecule has 10 nitrogen and oxygen atoms in total. The van der Waals surface area contributed by atoms with Crippen LogP contribution in [0.15, 0.2) is 72.8 Å². The highest BCUT2D eigenvalue weighted by Crippen LogP contribution is 2.29. The zero-order valence-corrected chi connectivity index (χ0v) is 26.0. The predicted molar refractivity (Wildman–Crippen MR) is 168 cm³/mol. The molecule has 0 saturated carbocycles. The molecule has 0 aliphatic rings. The Kier molecular flexibility index (Phi) is 12.0. The van der Waals surface area contributed by atoms with Crippen molar-refractivity contribution in [1.82, 2.24) is 9.62 Å². The second kappa shape index (κ2) is 15.2. The van der Waals surface area contributed by atoms with Gasteiger partial charge in [-0.1, -0.05) is 60.7 Å². The molecule has 0 heterocycles. The Balaban J connectivity index is 1.99. The summed E-state index contributed by atoms with van der Waals surface area (Å²) in [5.41, 5.74) is 9.51. The standard InChI is InChI=1S/C31H39N3O7S2/c1-23-9-6-7-12-26(23)28-21-25(13-14-27(28)30(35)33-29(31(36)37)16-20-42(2,38)39)22-34(43(40,41)19-8-17-32)18-15-24-10-4-3-5-11-24/h3-7,9-14,21,29H,8,15-20,22,32H2,1-2H3,(H,33,35)(H,36,37). The molecule has 232 valence electrons. The highest BCUT2D eigenvalue weighted by atomic mass is 32.2. The van der Waals surface area contributed by atoms with E-state index in [-0.39, 0.29) is 37.4 Å². The molecule has 3 rings (SSSR count). The van der Waals surface area contributed by atoms with Gasteiger partial charge in [-0.15, -0.1) is 0 Å². The van der Waals surface area contributed by atoms with Crippen LogP contribution in [0.3, 0.4) is 0 Å². The number of sulfone groups is 1. The first-order chi connectivity index (χ1) is 20.3. The zero-order valence-electron chi connectivity index (χ0n) is 24.4. The monoisotopic (exact) mass is 629 g/mol. The lowest BCUT2D eigenvalue weighted by Gasteiger charge is -2.23. The molecule has 0 aliphatic heterocycles. The predicted octanol–water partition coefficient (Wildman–Crippen LogP) is 3.00. The molecule has 1 amide bonds. The molecule has 43 heavy (non-hydrogen) atoms. The average molecular weight is 630 g/mol. The third-order valence-electron chi connectivity index (χ3n) is 7.00. The van der Waals surface area contributed by atoms with Crippen LogP contribution < -0.4 is 11.1 Å². The number of amides is 1. The van der Waals surface area contributed by atoms with Gasteiger partial charge in [0.1, 0.15) is 15.9 Å². The third kappa shape index (κ3) is 10.3. The van der Waals surface area contributed by atoms with Crippen molar-refractivity contribution < 1.29 is 31.5 Å². The molecule has 12 heteroatoms. The molecule has 1 unspecified atom stereocenters. The van der Waals surface area contributed by atoms with Crippen LogP contribution >= 0.6 is 0 Å². The minimum atomic E-state index is -3.65. The fraction of sp³-hybridized carbons (Fsp3) is 0.355. The maximum absolute atomic E-state index is 13.4. The van der Waals surface area contributed by atoms with Gasteiger partial charge in [0.2, 0.25) is 10.0 Å². The lowest BCUT2D eigenvalue weighted by atomic mass is 9.93. The van der Waals surface area contributed by atoms with Gasteiger partial charge in [-0.3, -0.25) is 4.79 Å². The highest BCUT2D eigenvalue weighted by Gasteiger charge is 2.26. The zero-order chi connectivity index (χ0) is 31.6. The molecule has 0 aliphatic carbocycles. The van der Waals surface area contributed by atoms with Crippen LogP contribution in [0.5, 0.6) is 0 Å². The SMILES string of the molecule is Cc1ccccc1-c1cc(CN(CCc2ccccc2)S(=O)(=O)CCCN)ccc1C(=O)NC(CCS(C)(=O)=O)C(=O)O. The van der Waals surface area contributed by atoms with Crippen LogP contribution in [0.2, 0.25) is 0 Å². The molecule has 0 fully saturated rings. The lowest BCUT2D eigenvalue weighted by Crippen LogP contribution is -2.42. The fourth-order valence-corrected chi connectivity index (χ4v) is 6.79. The number of carbonyl (C=O) groups excluding carboxylic acids is 1. The van der Waals surface area contributed by atoms with Gasteiger partial charge in [-0.2, -0.15) is 4.31 Å². The summed E-state index contributed by atoms with van der Waals surface area (Å²) in [5.74, 6) is -2.51. The molecular formula is C31H39N3O7S2. The van der Waals surface area contributed by atoms with E-state index in [1.807, 2.05) is 61.5 Å². The first kappa shape index (κ1) is 33.9. The largest absolute Gasteiger partial charge is 0.480 e. The maximum atomic E-state index is 13.4. The number of carbonyl (C=O) groups is 2. The Labute approximate surface area is 253 Å². The minimum Gasteiger partial charge on any atom is -0.480 e. The van der Waals surface area contributed by atoms with Gasteiger partial charge in [0.05, 0.1) is 11.5 Å². The first-order valence-corrected chi connectivity index (χ1v) is 17.6. The van der Waals surface area contributed by atoms with E-state index >= 15 is 0 Å². The number of hydrogen-bond acceptors (Lipinski definition) is 7. The van der Waals surface area contributed by atoms with Gasteiger partial charge >= 0.3 is 5.97 Å². The van der Waals surface area contributed by atoms with E-state index in [1.165, 1.54) is 4.31 Å². The van der Waals surface area contributed by atoms with Crippen molar-refractivity contribution in [2.75, 3.05) is 30.9 Å². The van der Waals surface area contributed by atoms with Crippen molar-refractivity contribution in [3.05, 3.63) is 95.1 Å². The molecular weight excluding hydrogens is 590 g/mol. The Morgan fingerprint density at radius 1 is 0.907 bits per heavy atom. The summed E-state index contributed by atoms with van der Waals surface area (Å²) in [6, 6.07) is 20.5. The fourth-order valence-electron chi connectivity index (χ4n) is 4.62. The van der Waals surface area contributed by atoms with Gasteiger partial charge < -0.3 is 16.2 Å². The van der Waals surface area contributed by atoms with Crippen LogP contribution in [0.4, 0.5) is 0 Å². The van der Waals surface area contributed by atoms with Crippen LogP contribution in [-0.4, -0.2) is 75.0 Å². The Hall–Kier alpha value is -3.58. The van der Waals surface area contributed by atoms with E-state index in [2.05, 4.69) is 5.32 Å². The van der Waals surface area contributed by atoms with Crippen molar-refractivity contribution in [1.29, 1.82) is 0 Å². The Bertz CT molecular complexity index is 1630. The summed E-state index contributed by atoms with van der Waals surface area (Å²) in [4.78, 5) is 25.2. The summed E-state index contributed by atoms with van der Waals surface area (Å²) >= 11 is 0. The summed E-state index contributed by atoms with van der Waals surface area (Å²) in [7, 11) is -7.09. The van der Waals surface area contributed by atoms with Crippen molar-refractivity contribution >= 4 is 31.7 Å². The number of nitrogens with two attached hydrogens (primary N) is 1. The van der Waals surface area contributed by atoms with Gasteiger partial charge in [0.15, 0.2) is 0 Å². The van der Waals surface area contributed by atoms with Gasteiger partial charge in [0.25, 0.3) is 5.91 Å². The van der Waals surface area contributed by atoms with E-state index < -0.39 is 43.5 Å². The lowest BCUT2D eigenvalue weighted by molar-refractivity contribution is -0.139. The summed E-state index contributed by atoms with van der Waals surface area (Å²) in [6.45, 7) is 2.43. The van der Waals surface area contributed by atoms with E-state index in [0.717, 1.165) is 22.9 Å². The smallest absolute Gasteiger partial charge is 0.326 e. The summed E-state index contributed by atoms with van der Waals surface area (Å²) in [6.07, 6.45) is 1.55. The molecule has 0 spiro atoms. The molecule has 3 aromatic rings. The number of nitrogens with zero attached hydrogens (tertiary/aromatic N) is 1. The van der Waals surface area contributed by atoms with Crippen molar-refractivity contribution in [3.8, 4) is 11.1 Å². The van der Waals surface area contributed by atoms with Crippen molar-refractivity contribution in [2.24, 2.45) is 5.73 Å². The van der Waals surface area contributed by atoms with E-state index in [9.17, 15) is 31.5 Å². The number of carboxylic acid groups (broad SMARTS) is 1.